The molecule has 3 aromatic rings. The van der Waals surface area contributed by atoms with Crippen LogP contribution in [-0.2, 0) is 13.0 Å². The summed E-state index contributed by atoms with van der Waals surface area (Å²) in [6.07, 6.45) is 2.97. The molecule has 0 atom stereocenters. The Hall–Kier alpha value is -4.00. The fourth-order valence-electron chi connectivity index (χ4n) is 4.22. The second-order valence-corrected chi connectivity index (χ2v) is 8.35. The Morgan fingerprint density at radius 3 is 2.66 bits per heavy atom. The molecule has 4 rings (SSSR count). The summed E-state index contributed by atoms with van der Waals surface area (Å²) < 4.78 is 10.9. The summed E-state index contributed by atoms with van der Waals surface area (Å²) in [6, 6.07) is 20.4. The predicted octanol–water partition coefficient (Wildman–Crippen LogP) is 5.40. The van der Waals surface area contributed by atoms with Gasteiger partial charge in [-0.2, -0.15) is 0 Å². The van der Waals surface area contributed by atoms with E-state index < -0.39 is 0 Å². The third-order valence-electron chi connectivity index (χ3n) is 5.96. The Bertz CT molecular complexity index is 1190. The van der Waals surface area contributed by atoms with Crippen molar-refractivity contribution in [1.82, 2.24) is 5.32 Å². The zero-order valence-corrected chi connectivity index (χ0v) is 20.2. The number of nitrogens with one attached hydrogen (secondary N) is 2. The molecule has 0 spiro atoms. The Balaban J connectivity index is 1.41. The molecule has 0 saturated heterocycles. The van der Waals surface area contributed by atoms with Crippen molar-refractivity contribution in [2.45, 2.75) is 32.7 Å². The Kier molecular flexibility index (Phi) is 7.88. The second-order valence-electron chi connectivity index (χ2n) is 8.35. The molecule has 1 aliphatic rings. The van der Waals surface area contributed by atoms with Crippen molar-refractivity contribution in [3.63, 3.8) is 0 Å². The molecule has 0 aliphatic carbocycles. The fraction of sp³-hybridized carbons (Fsp3) is 0.286. The number of hydrogen-bond donors (Lipinski definition) is 2. The van der Waals surface area contributed by atoms with E-state index in [0.717, 1.165) is 30.5 Å². The summed E-state index contributed by atoms with van der Waals surface area (Å²) in [5, 5.41) is 5.89. The largest absolute Gasteiger partial charge is 0.493 e. The number of anilines is 2. The van der Waals surface area contributed by atoms with Crippen molar-refractivity contribution in [2.75, 3.05) is 30.5 Å². The second kappa shape index (κ2) is 11.4. The van der Waals surface area contributed by atoms with Crippen molar-refractivity contribution in [3.8, 4) is 11.5 Å². The quantitative estimate of drug-likeness (QED) is 0.482. The number of carbonyl (C=O) groups is 2. The number of rotatable bonds is 7. The summed E-state index contributed by atoms with van der Waals surface area (Å²) in [5.74, 6) is 1.06. The van der Waals surface area contributed by atoms with Crippen LogP contribution >= 0.6 is 0 Å². The first-order valence-corrected chi connectivity index (χ1v) is 11.9. The van der Waals surface area contributed by atoms with E-state index in [0.29, 0.717) is 42.4 Å². The molecule has 0 saturated carbocycles. The van der Waals surface area contributed by atoms with Crippen molar-refractivity contribution in [3.05, 3.63) is 83.4 Å². The molecule has 35 heavy (non-hydrogen) atoms. The highest BCUT2D eigenvalue weighted by Gasteiger charge is 2.21. The normalized spacial score (nSPS) is 12.8. The van der Waals surface area contributed by atoms with Gasteiger partial charge in [0.2, 0.25) is 0 Å². The van der Waals surface area contributed by atoms with E-state index >= 15 is 0 Å². The Labute approximate surface area is 206 Å². The first kappa shape index (κ1) is 24.1. The number of urea groups is 1. The minimum atomic E-state index is -0.227. The van der Waals surface area contributed by atoms with E-state index in [2.05, 4.69) is 16.7 Å². The highest BCUT2D eigenvalue weighted by Crippen LogP contribution is 2.28. The van der Waals surface area contributed by atoms with Crippen LogP contribution < -0.4 is 25.0 Å². The van der Waals surface area contributed by atoms with Gasteiger partial charge in [-0.1, -0.05) is 30.3 Å². The smallest absolute Gasteiger partial charge is 0.326 e. The van der Waals surface area contributed by atoms with Gasteiger partial charge >= 0.3 is 6.03 Å². The molecular formula is C28H31N3O4. The summed E-state index contributed by atoms with van der Waals surface area (Å²) in [5.41, 5.74) is 4.07. The lowest BCUT2D eigenvalue weighted by Gasteiger charge is -2.23. The maximum absolute atomic E-state index is 13.1. The first-order valence-electron chi connectivity index (χ1n) is 11.9. The molecule has 1 aliphatic heterocycles. The topological polar surface area (TPSA) is 79.9 Å². The average molecular weight is 474 g/mol. The standard InChI is InChI=1S/C28H31N3O4/c1-3-35-26-17-20(14-15-25(26)34-2)19-29-27(32)22-11-8-12-23(18-22)30-28(33)31-16-7-6-10-21-9-4-5-13-24(21)31/h4-5,8-9,11-15,17-18H,3,6-7,10,16,19H2,1-2H3,(H,29,32)(H,30,33). The molecule has 2 N–H and O–H groups in total. The molecule has 0 radical (unpaired) electrons. The number of methoxy groups -OCH3 is 1. The van der Waals surface area contributed by atoms with Crippen LogP contribution in [0.3, 0.4) is 0 Å². The van der Waals surface area contributed by atoms with Gasteiger partial charge in [-0.25, -0.2) is 4.79 Å². The van der Waals surface area contributed by atoms with Gasteiger partial charge < -0.3 is 20.1 Å². The number of hydrogen-bond acceptors (Lipinski definition) is 4. The number of para-hydroxylation sites is 1. The predicted molar refractivity (Wildman–Crippen MR) is 138 cm³/mol. The number of carbonyl (C=O) groups excluding carboxylic acids is 2. The molecular weight excluding hydrogens is 442 g/mol. The van der Waals surface area contributed by atoms with Crippen molar-refractivity contribution >= 4 is 23.3 Å². The van der Waals surface area contributed by atoms with Gasteiger partial charge in [0, 0.05) is 30.0 Å². The van der Waals surface area contributed by atoms with Crippen molar-refractivity contribution in [1.29, 1.82) is 0 Å². The SMILES string of the molecule is CCOc1cc(CNC(=O)c2cccc(NC(=O)N3CCCCc4ccccc43)c2)ccc1OC. The first-order chi connectivity index (χ1) is 17.1. The number of fused-ring (bicyclic) bond motifs is 1. The Morgan fingerprint density at radius 1 is 0.971 bits per heavy atom. The van der Waals surface area contributed by atoms with Crippen LogP contribution in [-0.4, -0.2) is 32.2 Å². The Morgan fingerprint density at radius 2 is 1.83 bits per heavy atom. The van der Waals surface area contributed by atoms with E-state index in [4.69, 9.17) is 9.47 Å². The highest BCUT2D eigenvalue weighted by molar-refractivity contribution is 6.03. The van der Waals surface area contributed by atoms with Crippen LogP contribution in [0.5, 0.6) is 11.5 Å². The van der Waals surface area contributed by atoms with Crippen LogP contribution in [0.25, 0.3) is 0 Å². The lowest BCUT2D eigenvalue weighted by molar-refractivity contribution is 0.0951. The van der Waals surface area contributed by atoms with E-state index in [9.17, 15) is 9.59 Å². The van der Waals surface area contributed by atoms with Crippen LogP contribution in [0.2, 0.25) is 0 Å². The van der Waals surface area contributed by atoms with Gasteiger partial charge in [0.25, 0.3) is 5.91 Å². The molecule has 1 heterocycles. The molecule has 0 fully saturated rings. The van der Waals surface area contributed by atoms with Gasteiger partial charge in [0.1, 0.15) is 0 Å². The van der Waals surface area contributed by atoms with Gasteiger partial charge in [-0.15, -0.1) is 0 Å². The summed E-state index contributed by atoms with van der Waals surface area (Å²) in [6.45, 7) is 3.43. The molecule has 3 aromatic carbocycles. The van der Waals surface area contributed by atoms with Gasteiger partial charge in [-0.3, -0.25) is 9.69 Å². The van der Waals surface area contributed by atoms with Gasteiger partial charge in [0.15, 0.2) is 11.5 Å². The van der Waals surface area contributed by atoms with Crippen LogP contribution in [0.1, 0.15) is 41.3 Å². The molecule has 0 unspecified atom stereocenters. The molecule has 0 bridgehead atoms. The summed E-state index contributed by atoms with van der Waals surface area (Å²) in [7, 11) is 1.59. The fourth-order valence-corrected chi connectivity index (χ4v) is 4.22. The van der Waals surface area contributed by atoms with Crippen molar-refractivity contribution < 1.29 is 19.1 Å². The lowest BCUT2D eigenvalue weighted by atomic mass is 10.1. The number of nitrogens with zero attached hydrogens (tertiary/aromatic N) is 1. The maximum Gasteiger partial charge on any atom is 0.326 e. The van der Waals surface area contributed by atoms with Crippen LogP contribution in [0, 0.1) is 0 Å². The number of ether oxygens (including phenoxy) is 2. The maximum atomic E-state index is 13.1. The van der Waals surface area contributed by atoms with Crippen molar-refractivity contribution in [2.24, 2.45) is 0 Å². The van der Waals surface area contributed by atoms with Gasteiger partial charge in [0.05, 0.1) is 13.7 Å². The molecule has 182 valence electrons. The zero-order valence-electron chi connectivity index (χ0n) is 20.2. The zero-order chi connectivity index (χ0) is 24.6. The summed E-state index contributed by atoms with van der Waals surface area (Å²) in [4.78, 5) is 27.7. The minimum absolute atomic E-state index is 0.196. The minimum Gasteiger partial charge on any atom is -0.493 e. The van der Waals surface area contributed by atoms with Crippen LogP contribution in [0.15, 0.2) is 66.7 Å². The number of amides is 3. The molecule has 0 aromatic heterocycles. The highest BCUT2D eigenvalue weighted by atomic mass is 16.5. The van der Waals surface area contributed by atoms with E-state index in [1.165, 1.54) is 5.56 Å². The average Bonchev–Trinajstić information content (AvgIpc) is 3.10. The van der Waals surface area contributed by atoms with E-state index in [1.54, 1.807) is 36.3 Å². The van der Waals surface area contributed by atoms with E-state index in [1.807, 2.05) is 43.3 Å². The third-order valence-corrected chi connectivity index (χ3v) is 5.96. The number of aryl methyl sites for hydroxylation is 1. The molecule has 7 nitrogen and oxygen atoms in total. The van der Waals surface area contributed by atoms with Crippen LogP contribution in [0.4, 0.5) is 16.2 Å². The molecule has 3 amide bonds. The lowest BCUT2D eigenvalue weighted by Crippen LogP contribution is -2.35. The number of benzene rings is 3. The monoisotopic (exact) mass is 473 g/mol. The molecule has 7 heteroatoms. The summed E-state index contributed by atoms with van der Waals surface area (Å²) >= 11 is 0. The van der Waals surface area contributed by atoms with Gasteiger partial charge in [-0.05, 0) is 73.7 Å². The third kappa shape index (κ3) is 5.93. The van der Waals surface area contributed by atoms with E-state index in [-0.39, 0.29) is 11.9 Å².